The van der Waals surface area contributed by atoms with Crippen LogP contribution in [0.15, 0.2) is 30.3 Å². The summed E-state index contributed by atoms with van der Waals surface area (Å²) in [5, 5.41) is 4.60. The van der Waals surface area contributed by atoms with Crippen molar-refractivity contribution in [3.05, 3.63) is 30.3 Å². The molecule has 0 aliphatic carbocycles. The minimum Gasteiger partial charge on any atom is -0.382 e. The fraction of sp³-hybridized carbons (Fsp3) is 0.385. The zero-order chi connectivity index (χ0) is 11.2. The maximum atomic E-state index is 5.28. The van der Waals surface area contributed by atoms with Crippen molar-refractivity contribution in [1.82, 2.24) is 4.98 Å². The second kappa shape index (κ2) is 5.56. The topological polar surface area (TPSA) is 37.0 Å². The number of aromatic nitrogens is 1. The Morgan fingerprint density at radius 1 is 1.31 bits per heavy atom. The lowest BCUT2D eigenvalue weighted by atomic mass is 10.2. The number of aromatic amines is 1. The maximum absolute atomic E-state index is 5.28. The average Bonchev–Trinajstić information content (AvgIpc) is 2.71. The van der Waals surface area contributed by atoms with Crippen LogP contribution in [0.1, 0.15) is 13.3 Å². The molecule has 0 amide bonds. The zero-order valence-corrected chi connectivity index (χ0v) is 9.62. The zero-order valence-electron chi connectivity index (χ0n) is 9.62. The molecule has 2 rings (SSSR count). The number of H-pyrrole nitrogens is 1. The Labute approximate surface area is 95.8 Å². The molecular formula is C13H18N2O. The molecule has 0 saturated heterocycles. The molecule has 0 bridgehead atoms. The molecule has 0 radical (unpaired) electrons. The van der Waals surface area contributed by atoms with E-state index in [9.17, 15) is 0 Å². The van der Waals surface area contributed by atoms with Crippen molar-refractivity contribution >= 4 is 16.7 Å². The van der Waals surface area contributed by atoms with E-state index in [-0.39, 0.29) is 0 Å². The molecule has 0 aliphatic heterocycles. The first-order chi connectivity index (χ1) is 7.90. The Bertz CT molecular complexity index is 403. The second-order valence-corrected chi connectivity index (χ2v) is 3.75. The van der Waals surface area contributed by atoms with Crippen LogP contribution >= 0.6 is 0 Å². The van der Waals surface area contributed by atoms with Gasteiger partial charge in [0.05, 0.1) is 0 Å². The number of hydrogen-bond acceptors (Lipinski definition) is 2. The van der Waals surface area contributed by atoms with Gasteiger partial charge < -0.3 is 15.0 Å². The highest BCUT2D eigenvalue weighted by Gasteiger charge is 1.98. The molecule has 0 unspecified atom stereocenters. The monoisotopic (exact) mass is 218 g/mol. The molecule has 16 heavy (non-hydrogen) atoms. The normalized spacial score (nSPS) is 10.8. The Kier molecular flexibility index (Phi) is 3.83. The minimum absolute atomic E-state index is 0.798. The lowest BCUT2D eigenvalue weighted by Crippen LogP contribution is -2.05. The molecule has 1 aromatic heterocycles. The third-order valence-corrected chi connectivity index (χ3v) is 2.51. The Hall–Kier alpha value is -1.48. The van der Waals surface area contributed by atoms with Gasteiger partial charge in [-0.2, -0.15) is 0 Å². The third kappa shape index (κ3) is 2.76. The molecule has 0 fully saturated rings. The first-order valence-corrected chi connectivity index (χ1v) is 5.79. The summed E-state index contributed by atoms with van der Waals surface area (Å²) in [6.07, 6.45) is 1.03. The molecule has 3 heteroatoms. The van der Waals surface area contributed by atoms with E-state index in [2.05, 4.69) is 34.6 Å². The summed E-state index contributed by atoms with van der Waals surface area (Å²) in [6.45, 7) is 4.58. The molecule has 3 nitrogen and oxygen atoms in total. The Morgan fingerprint density at radius 3 is 3.00 bits per heavy atom. The van der Waals surface area contributed by atoms with Crippen molar-refractivity contribution < 1.29 is 4.74 Å². The fourth-order valence-corrected chi connectivity index (χ4v) is 1.71. The van der Waals surface area contributed by atoms with Gasteiger partial charge in [-0.25, -0.2) is 0 Å². The van der Waals surface area contributed by atoms with Gasteiger partial charge in [0.25, 0.3) is 0 Å². The second-order valence-electron chi connectivity index (χ2n) is 3.75. The molecule has 0 spiro atoms. The largest absolute Gasteiger partial charge is 0.382 e. The standard InChI is InChI=1S/C13H18N2O/c1-2-16-9-5-8-14-13-10-11-6-3-4-7-12(11)15-13/h3-4,6-7,10,14-15H,2,5,8-9H2,1H3. The molecule has 2 N–H and O–H groups in total. The van der Waals surface area contributed by atoms with E-state index >= 15 is 0 Å². The number of ether oxygens (including phenoxy) is 1. The fourth-order valence-electron chi connectivity index (χ4n) is 1.71. The molecule has 86 valence electrons. The van der Waals surface area contributed by atoms with Gasteiger partial charge >= 0.3 is 0 Å². The van der Waals surface area contributed by atoms with E-state index in [0.717, 1.165) is 32.0 Å². The highest BCUT2D eigenvalue weighted by molar-refractivity contribution is 5.83. The lowest BCUT2D eigenvalue weighted by molar-refractivity contribution is 0.147. The van der Waals surface area contributed by atoms with Gasteiger partial charge in [-0.3, -0.25) is 0 Å². The highest BCUT2D eigenvalue weighted by atomic mass is 16.5. The summed E-state index contributed by atoms with van der Waals surface area (Å²) in [5.74, 6) is 1.08. The van der Waals surface area contributed by atoms with E-state index in [1.165, 1.54) is 10.9 Å². The van der Waals surface area contributed by atoms with Gasteiger partial charge in [0.2, 0.25) is 0 Å². The smallest absolute Gasteiger partial charge is 0.104 e. The van der Waals surface area contributed by atoms with Gasteiger partial charge in [0.15, 0.2) is 0 Å². The number of nitrogens with one attached hydrogen (secondary N) is 2. The quantitative estimate of drug-likeness (QED) is 0.731. The molecular weight excluding hydrogens is 200 g/mol. The molecule has 0 saturated carbocycles. The summed E-state index contributed by atoms with van der Waals surface area (Å²) in [5.41, 5.74) is 1.18. The van der Waals surface area contributed by atoms with Gasteiger partial charge in [-0.15, -0.1) is 0 Å². The third-order valence-electron chi connectivity index (χ3n) is 2.51. The molecule has 0 aliphatic rings. The number of hydrogen-bond donors (Lipinski definition) is 2. The molecule has 0 atom stereocenters. The molecule has 1 heterocycles. The van der Waals surface area contributed by atoms with E-state index < -0.39 is 0 Å². The van der Waals surface area contributed by atoms with Crippen molar-refractivity contribution in [3.8, 4) is 0 Å². The van der Waals surface area contributed by atoms with E-state index in [0.29, 0.717) is 0 Å². The maximum Gasteiger partial charge on any atom is 0.104 e. The van der Waals surface area contributed by atoms with Crippen molar-refractivity contribution in [2.75, 3.05) is 25.1 Å². The minimum atomic E-state index is 0.798. The van der Waals surface area contributed by atoms with Crippen LogP contribution in [0.4, 0.5) is 5.82 Å². The lowest BCUT2D eigenvalue weighted by Gasteiger charge is -2.03. The number of para-hydroxylation sites is 1. The number of rotatable bonds is 6. The van der Waals surface area contributed by atoms with Gasteiger partial charge in [0.1, 0.15) is 5.82 Å². The van der Waals surface area contributed by atoms with Crippen LogP contribution in [0.3, 0.4) is 0 Å². The summed E-state index contributed by atoms with van der Waals surface area (Å²) >= 11 is 0. The van der Waals surface area contributed by atoms with Crippen LogP contribution in [-0.4, -0.2) is 24.7 Å². The first-order valence-electron chi connectivity index (χ1n) is 5.79. The van der Waals surface area contributed by atoms with E-state index in [1.54, 1.807) is 0 Å². The van der Waals surface area contributed by atoms with Crippen LogP contribution in [0, 0.1) is 0 Å². The number of benzene rings is 1. The summed E-state index contributed by atoms with van der Waals surface area (Å²) in [4.78, 5) is 3.33. The van der Waals surface area contributed by atoms with Crippen LogP contribution in [-0.2, 0) is 4.74 Å². The van der Waals surface area contributed by atoms with Gasteiger partial charge in [0, 0.05) is 30.7 Å². The summed E-state index contributed by atoms with van der Waals surface area (Å²) in [6, 6.07) is 10.4. The van der Waals surface area contributed by atoms with Crippen molar-refractivity contribution in [1.29, 1.82) is 0 Å². The highest BCUT2D eigenvalue weighted by Crippen LogP contribution is 2.17. The SMILES string of the molecule is CCOCCCNc1cc2ccccc2[nH]1. The molecule has 2 aromatic rings. The first kappa shape index (κ1) is 11.0. The summed E-state index contributed by atoms with van der Waals surface area (Å²) in [7, 11) is 0. The average molecular weight is 218 g/mol. The summed E-state index contributed by atoms with van der Waals surface area (Å²) < 4.78 is 5.28. The van der Waals surface area contributed by atoms with Crippen molar-refractivity contribution in [2.45, 2.75) is 13.3 Å². The van der Waals surface area contributed by atoms with Crippen LogP contribution in [0.25, 0.3) is 10.9 Å². The predicted octanol–water partition coefficient (Wildman–Crippen LogP) is 3.01. The van der Waals surface area contributed by atoms with Crippen LogP contribution in [0.2, 0.25) is 0 Å². The van der Waals surface area contributed by atoms with E-state index in [1.807, 2.05) is 13.0 Å². The van der Waals surface area contributed by atoms with Crippen molar-refractivity contribution in [2.24, 2.45) is 0 Å². The van der Waals surface area contributed by atoms with Crippen molar-refractivity contribution in [3.63, 3.8) is 0 Å². The number of fused-ring (bicyclic) bond motifs is 1. The predicted molar refractivity (Wildman–Crippen MR) is 67.9 cm³/mol. The Balaban J connectivity index is 1.85. The molecule has 1 aromatic carbocycles. The Morgan fingerprint density at radius 2 is 2.19 bits per heavy atom. The van der Waals surface area contributed by atoms with Crippen LogP contribution < -0.4 is 5.32 Å². The van der Waals surface area contributed by atoms with E-state index in [4.69, 9.17) is 4.74 Å². The van der Waals surface area contributed by atoms with Crippen LogP contribution in [0.5, 0.6) is 0 Å². The van der Waals surface area contributed by atoms with Gasteiger partial charge in [-0.1, -0.05) is 18.2 Å². The number of anilines is 1. The van der Waals surface area contributed by atoms with Gasteiger partial charge in [-0.05, 0) is 25.5 Å².